The van der Waals surface area contributed by atoms with Gasteiger partial charge < -0.3 is 15.5 Å². The van der Waals surface area contributed by atoms with Gasteiger partial charge in [-0.05, 0) is 19.3 Å². The van der Waals surface area contributed by atoms with Crippen molar-refractivity contribution in [2.24, 2.45) is 4.99 Å². The highest BCUT2D eigenvalue weighted by atomic mass is 19.4. The third-order valence-electron chi connectivity index (χ3n) is 3.04. The summed E-state index contributed by atoms with van der Waals surface area (Å²) in [6, 6.07) is 0. The van der Waals surface area contributed by atoms with Gasteiger partial charge in [0.1, 0.15) is 0 Å². The van der Waals surface area contributed by atoms with Gasteiger partial charge >= 0.3 is 6.18 Å². The van der Waals surface area contributed by atoms with E-state index in [9.17, 15) is 18.0 Å². The van der Waals surface area contributed by atoms with Crippen LogP contribution in [0.4, 0.5) is 13.2 Å². The number of alkyl halides is 3. The molecule has 1 amide bonds. The zero-order valence-corrected chi connectivity index (χ0v) is 11.6. The summed E-state index contributed by atoms with van der Waals surface area (Å²) in [4.78, 5) is 17.4. The minimum atomic E-state index is -4.20. The molecule has 116 valence electrons. The zero-order chi connectivity index (χ0) is 15.0. The Morgan fingerprint density at radius 3 is 2.40 bits per heavy atom. The number of hydrogen-bond acceptors (Lipinski definition) is 2. The van der Waals surface area contributed by atoms with E-state index in [-0.39, 0.29) is 25.0 Å². The van der Waals surface area contributed by atoms with Gasteiger partial charge in [-0.1, -0.05) is 0 Å². The molecule has 0 radical (unpaired) electrons. The molecule has 1 rings (SSSR count). The predicted molar refractivity (Wildman–Crippen MR) is 70.5 cm³/mol. The number of carbonyl (C=O) groups excluding carboxylic acids is 1. The van der Waals surface area contributed by atoms with Crippen molar-refractivity contribution in [2.75, 3.05) is 33.2 Å². The van der Waals surface area contributed by atoms with Crippen molar-refractivity contribution in [3.63, 3.8) is 0 Å². The summed E-state index contributed by atoms with van der Waals surface area (Å²) in [6.07, 6.45) is -1.99. The maximum absolute atomic E-state index is 12.0. The molecule has 0 aromatic heterocycles. The molecule has 8 heteroatoms. The van der Waals surface area contributed by atoms with Gasteiger partial charge in [0.05, 0.1) is 13.0 Å². The van der Waals surface area contributed by atoms with Crippen LogP contribution in [0.1, 0.15) is 25.7 Å². The van der Waals surface area contributed by atoms with Crippen LogP contribution in [0.5, 0.6) is 0 Å². The van der Waals surface area contributed by atoms with Crippen molar-refractivity contribution in [1.29, 1.82) is 0 Å². The number of hydrogen-bond donors (Lipinski definition) is 2. The Hall–Kier alpha value is -1.47. The second kappa shape index (κ2) is 7.96. The van der Waals surface area contributed by atoms with Crippen molar-refractivity contribution >= 4 is 11.9 Å². The second-order valence-corrected chi connectivity index (χ2v) is 4.66. The Kier molecular flexibility index (Phi) is 6.60. The number of nitrogens with zero attached hydrogens (tertiary/aromatic N) is 2. The number of amides is 1. The molecule has 1 fully saturated rings. The molecule has 1 aliphatic rings. The summed E-state index contributed by atoms with van der Waals surface area (Å²) in [6.45, 7) is 1.29. The molecule has 1 aliphatic heterocycles. The molecule has 0 spiro atoms. The van der Waals surface area contributed by atoms with E-state index in [0.29, 0.717) is 0 Å². The van der Waals surface area contributed by atoms with Crippen LogP contribution >= 0.6 is 0 Å². The fourth-order valence-corrected chi connectivity index (χ4v) is 1.96. The highest BCUT2D eigenvalue weighted by Gasteiger charge is 2.26. The average Bonchev–Trinajstić information content (AvgIpc) is 2.42. The van der Waals surface area contributed by atoms with E-state index in [1.165, 1.54) is 7.05 Å². The summed E-state index contributed by atoms with van der Waals surface area (Å²) >= 11 is 0. The molecule has 0 atom stereocenters. The van der Waals surface area contributed by atoms with Gasteiger partial charge in [-0.2, -0.15) is 13.2 Å². The van der Waals surface area contributed by atoms with E-state index in [4.69, 9.17) is 0 Å². The molecule has 0 unspecified atom stereocenters. The van der Waals surface area contributed by atoms with E-state index in [0.717, 1.165) is 32.4 Å². The Morgan fingerprint density at radius 1 is 1.20 bits per heavy atom. The average molecular weight is 294 g/mol. The van der Waals surface area contributed by atoms with Crippen LogP contribution in [-0.4, -0.2) is 56.2 Å². The van der Waals surface area contributed by atoms with Crippen LogP contribution in [0, 0.1) is 0 Å². The Balaban J connectivity index is 2.25. The minimum Gasteiger partial charge on any atom is -0.356 e. The van der Waals surface area contributed by atoms with Crippen LogP contribution in [0.2, 0.25) is 0 Å². The number of carbonyl (C=O) groups is 1. The first-order chi connectivity index (χ1) is 9.42. The number of aliphatic imine (C=N–C) groups is 1. The maximum atomic E-state index is 12.0. The van der Waals surface area contributed by atoms with Gasteiger partial charge in [0, 0.05) is 26.7 Å². The van der Waals surface area contributed by atoms with Crippen LogP contribution in [0.15, 0.2) is 4.99 Å². The molecular weight excluding hydrogens is 273 g/mol. The molecule has 20 heavy (non-hydrogen) atoms. The topological polar surface area (TPSA) is 56.7 Å². The molecule has 0 saturated carbocycles. The normalized spacial score (nSPS) is 17.0. The zero-order valence-electron chi connectivity index (χ0n) is 11.6. The molecular formula is C12H21F3N4O. The monoisotopic (exact) mass is 294 g/mol. The smallest absolute Gasteiger partial charge is 0.356 e. The van der Waals surface area contributed by atoms with E-state index >= 15 is 0 Å². The van der Waals surface area contributed by atoms with E-state index < -0.39 is 12.6 Å². The molecule has 0 aliphatic carbocycles. The largest absolute Gasteiger partial charge is 0.390 e. The van der Waals surface area contributed by atoms with Gasteiger partial charge in [-0.3, -0.25) is 9.79 Å². The third kappa shape index (κ3) is 6.63. The van der Waals surface area contributed by atoms with Gasteiger partial charge in [0.15, 0.2) is 5.96 Å². The summed E-state index contributed by atoms with van der Waals surface area (Å²) in [7, 11) is 1.45. The summed E-state index contributed by atoms with van der Waals surface area (Å²) < 4.78 is 36.0. The fraction of sp³-hybridized carbons (Fsp3) is 0.833. The Labute approximate surface area is 116 Å². The number of nitrogens with one attached hydrogen (secondary N) is 2. The van der Waals surface area contributed by atoms with Crippen molar-refractivity contribution in [3.05, 3.63) is 0 Å². The van der Waals surface area contributed by atoms with E-state index in [1.807, 2.05) is 0 Å². The first kappa shape index (κ1) is 16.6. The molecule has 2 N–H and O–H groups in total. The predicted octanol–water partition coefficient (Wildman–Crippen LogP) is 1.12. The van der Waals surface area contributed by atoms with Crippen molar-refractivity contribution in [2.45, 2.75) is 31.9 Å². The first-order valence-corrected chi connectivity index (χ1v) is 6.71. The first-order valence-electron chi connectivity index (χ1n) is 6.71. The molecule has 0 aromatic rings. The van der Waals surface area contributed by atoms with Gasteiger partial charge in [0.2, 0.25) is 5.91 Å². The van der Waals surface area contributed by atoms with Gasteiger partial charge in [-0.25, -0.2) is 0 Å². The number of piperidine rings is 1. The minimum absolute atomic E-state index is 0.0473. The molecule has 1 saturated heterocycles. The summed E-state index contributed by atoms with van der Waals surface area (Å²) in [5.74, 6) is 0.156. The summed E-state index contributed by atoms with van der Waals surface area (Å²) in [5.41, 5.74) is 0. The highest BCUT2D eigenvalue weighted by molar-refractivity contribution is 5.86. The lowest BCUT2D eigenvalue weighted by Gasteiger charge is -2.27. The van der Waals surface area contributed by atoms with E-state index in [2.05, 4.69) is 15.6 Å². The Bertz CT molecular complexity index is 338. The standard InChI is InChI=1S/C12H21F3N4O/c1-16-11(17-6-5-12(13,14)15)18-9-10(20)19-7-3-2-4-8-19/h2-9H2,1H3,(H2,16,17,18). The van der Waals surface area contributed by atoms with Gasteiger partial charge in [-0.15, -0.1) is 0 Å². The number of guanidine groups is 1. The van der Waals surface area contributed by atoms with Gasteiger partial charge in [0.25, 0.3) is 0 Å². The van der Waals surface area contributed by atoms with Crippen LogP contribution in [0.3, 0.4) is 0 Å². The number of halogens is 3. The van der Waals surface area contributed by atoms with Crippen molar-refractivity contribution < 1.29 is 18.0 Å². The lowest BCUT2D eigenvalue weighted by atomic mass is 10.1. The molecule has 0 bridgehead atoms. The molecule has 0 aromatic carbocycles. The second-order valence-electron chi connectivity index (χ2n) is 4.66. The lowest BCUT2D eigenvalue weighted by Crippen LogP contribution is -2.46. The van der Waals surface area contributed by atoms with Crippen LogP contribution < -0.4 is 10.6 Å². The fourth-order valence-electron chi connectivity index (χ4n) is 1.96. The maximum Gasteiger partial charge on any atom is 0.390 e. The number of rotatable bonds is 4. The van der Waals surface area contributed by atoms with Crippen LogP contribution in [0.25, 0.3) is 0 Å². The Morgan fingerprint density at radius 2 is 1.85 bits per heavy atom. The third-order valence-corrected chi connectivity index (χ3v) is 3.04. The quantitative estimate of drug-likeness (QED) is 0.603. The van der Waals surface area contributed by atoms with Crippen molar-refractivity contribution in [3.8, 4) is 0 Å². The highest BCUT2D eigenvalue weighted by Crippen LogP contribution is 2.18. The SMILES string of the molecule is CN=C(NCCC(F)(F)F)NCC(=O)N1CCCCC1. The van der Waals surface area contributed by atoms with E-state index in [1.54, 1.807) is 4.90 Å². The van der Waals surface area contributed by atoms with Crippen LogP contribution in [-0.2, 0) is 4.79 Å². The lowest BCUT2D eigenvalue weighted by molar-refractivity contribution is -0.133. The number of likely N-dealkylation sites (tertiary alicyclic amines) is 1. The molecule has 1 heterocycles. The molecule has 5 nitrogen and oxygen atoms in total. The summed E-state index contributed by atoms with van der Waals surface area (Å²) in [5, 5.41) is 5.27. The van der Waals surface area contributed by atoms with Crippen molar-refractivity contribution in [1.82, 2.24) is 15.5 Å².